The summed E-state index contributed by atoms with van der Waals surface area (Å²) >= 11 is 0. The third-order valence-corrected chi connectivity index (χ3v) is 4.39. The molecule has 2 N–H and O–H groups in total. The number of aryl methyl sites for hydroxylation is 2. The van der Waals surface area contributed by atoms with E-state index in [4.69, 9.17) is 15.5 Å². The molecule has 0 fully saturated rings. The van der Waals surface area contributed by atoms with Crippen LogP contribution in [0.2, 0.25) is 0 Å². The van der Waals surface area contributed by atoms with Gasteiger partial charge in [-0.3, -0.25) is 0 Å². The van der Waals surface area contributed by atoms with E-state index in [-0.39, 0.29) is 0 Å². The van der Waals surface area contributed by atoms with Crippen LogP contribution < -0.4 is 5.73 Å². The standard InChI is InChI=1S/C17H21N3O2/c1-10-12(17(21)22-2)9-13-15(18)11-7-5-3-4-6-8-14(11)20-16(13)19-10/h9H,3-8H2,1-2H3,(H2,18,19,20). The molecular formula is C17H21N3O2. The van der Waals surface area contributed by atoms with E-state index in [9.17, 15) is 4.79 Å². The number of hydrogen-bond acceptors (Lipinski definition) is 5. The first-order chi connectivity index (χ1) is 10.6. The Hall–Kier alpha value is -2.17. The average Bonchev–Trinajstić information content (AvgIpc) is 2.48. The third kappa shape index (κ3) is 2.51. The monoisotopic (exact) mass is 299 g/mol. The van der Waals surface area contributed by atoms with E-state index in [0.29, 0.717) is 16.9 Å². The highest BCUT2D eigenvalue weighted by Crippen LogP contribution is 2.30. The fourth-order valence-corrected chi connectivity index (χ4v) is 3.14. The Morgan fingerprint density at radius 1 is 1.18 bits per heavy atom. The van der Waals surface area contributed by atoms with Gasteiger partial charge in [0, 0.05) is 16.8 Å². The normalized spacial score (nSPS) is 15.0. The van der Waals surface area contributed by atoms with Gasteiger partial charge in [-0.05, 0) is 44.2 Å². The molecule has 2 aromatic heterocycles. The molecule has 5 heteroatoms. The fraction of sp³-hybridized carbons (Fsp3) is 0.471. The van der Waals surface area contributed by atoms with Gasteiger partial charge < -0.3 is 10.5 Å². The Kier molecular flexibility index (Phi) is 3.96. The number of nitrogen functional groups attached to an aromatic ring is 1. The van der Waals surface area contributed by atoms with E-state index in [1.54, 1.807) is 13.0 Å². The summed E-state index contributed by atoms with van der Waals surface area (Å²) in [6.45, 7) is 1.79. The Bertz CT molecular complexity index is 740. The lowest BCUT2D eigenvalue weighted by atomic mass is 9.94. The average molecular weight is 299 g/mol. The van der Waals surface area contributed by atoms with Crippen molar-refractivity contribution in [2.45, 2.75) is 45.4 Å². The molecule has 1 aliphatic rings. The molecule has 0 unspecified atom stereocenters. The molecule has 0 bridgehead atoms. The summed E-state index contributed by atoms with van der Waals surface area (Å²) in [6.07, 6.45) is 6.65. The largest absolute Gasteiger partial charge is 0.465 e. The molecule has 0 aromatic carbocycles. The SMILES string of the molecule is COC(=O)c1cc2c(N)c3c(nc2nc1C)CCCCCC3. The van der Waals surface area contributed by atoms with Gasteiger partial charge in [-0.2, -0.15) is 0 Å². The zero-order chi connectivity index (χ0) is 15.7. The molecular weight excluding hydrogens is 278 g/mol. The lowest BCUT2D eigenvalue weighted by molar-refractivity contribution is 0.0599. The lowest BCUT2D eigenvalue weighted by Gasteiger charge is -2.17. The molecule has 0 aliphatic heterocycles. The second kappa shape index (κ2) is 5.91. The van der Waals surface area contributed by atoms with Crippen LogP contribution in [0.1, 0.15) is 53.0 Å². The van der Waals surface area contributed by atoms with Gasteiger partial charge in [0.2, 0.25) is 0 Å². The number of methoxy groups -OCH3 is 1. The van der Waals surface area contributed by atoms with E-state index in [0.717, 1.165) is 48.0 Å². The van der Waals surface area contributed by atoms with Crippen molar-refractivity contribution in [1.29, 1.82) is 0 Å². The predicted molar refractivity (Wildman–Crippen MR) is 85.9 cm³/mol. The van der Waals surface area contributed by atoms with E-state index in [2.05, 4.69) is 4.98 Å². The molecule has 0 spiro atoms. The number of esters is 1. The lowest BCUT2D eigenvalue weighted by Crippen LogP contribution is -2.11. The number of pyridine rings is 2. The minimum Gasteiger partial charge on any atom is -0.465 e. The molecule has 0 radical (unpaired) electrons. The summed E-state index contributed by atoms with van der Waals surface area (Å²) in [6, 6.07) is 1.77. The second-order valence-corrected chi connectivity index (χ2v) is 5.85. The van der Waals surface area contributed by atoms with Crippen LogP contribution in [0.3, 0.4) is 0 Å². The van der Waals surface area contributed by atoms with Gasteiger partial charge in [-0.15, -0.1) is 0 Å². The van der Waals surface area contributed by atoms with Gasteiger partial charge in [0.1, 0.15) is 0 Å². The Balaban J connectivity index is 2.22. The van der Waals surface area contributed by atoms with E-state index >= 15 is 0 Å². The molecule has 1 aliphatic carbocycles. The zero-order valence-corrected chi connectivity index (χ0v) is 13.1. The highest BCUT2D eigenvalue weighted by atomic mass is 16.5. The zero-order valence-electron chi connectivity index (χ0n) is 13.1. The summed E-state index contributed by atoms with van der Waals surface area (Å²) in [5.41, 5.74) is 11.0. The van der Waals surface area contributed by atoms with E-state index < -0.39 is 5.97 Å². The first-order valence-electron chi connectivity index (χ1n) is 7.78. The third-order valence-electron chi connectivity index (χ3n) is 4.39. The maximum Gasteiger partial charge on any atom is 0.339 e. The van der Waals surface area contributed by atoms with Crippen molar-refractivity contribution in [2.24, 2.45) is 0 Å². The van der Waals surface area contributed by atoms with Crippen LogP contribution in [0.5, 0.6) is 0 Å². The second-order valence-electron chi connectivity index (χ2n) is 5.85. The van der Waals surface area contributed by atoms with Crippen molar-refractivity contribution >= 4 is 22.7 Å². The van der Waals surface area contributed by atoms with E-state index in [1.807, 2.05) is 0 Å². The Labute approximate surface area is 129 Å². The van der Waals surface area contributed by atoms with Crippen molar-refractivity contribution in [3.63, 3.8) is 0 Å². The first-order valence-corrected chi connectivity index (χ1v) is 7.78. The molecule has 22 heavy (non-hydrogen) atoms. The highest BCUT2D eigenvalue weighted by molar-refractivity contribution is 5.98. The molecule has 3 rings (SSSR count). The van der Waals surface area contributed by atoms with Crippen molar-refractivity contribution < 1.29 is 9.53 Å². The van der Waals surface area contributed by atoms with Gasteiger partial charge >= 0.3 is 5.97 Å². The summed E-state index contributed by atoms with van der Waals surface area (Å²) in [4.78, 5) is 21.1. The minimum atomic E-state index is -0.391. The maximum atomic E-state index is 11.9. The van der Waals surface area contributed by atoms with Crippen LogP contribution in [-0.2, 0) is 17.6 Å². The number of hydrogen-bond donors (Lipinski definition) is 1. The van der Waals surface area contributed by atoms with Crippen molar-refractivity contribution in [3.05, 3.63) is 28.6 Å². The fourth-order valence-electron chi connectivity index (χ4n) is 3.14. The highest BCUT2D eigenvalue weighted by Gasteiger charge is 2.18. The van der Waals surface area contributed by atoms with Gasteiger partial charge in [0.15, 0.2) is 5.65 Å². The number of nitrogens with two attached hydrogens (primary N) is 1. The molecule has 0 saturated heterocycles. The number of anilines is 1. The summed E-state index contributed by atoms with van der Waals surface area (Å²) in [5.74, 6) is -0.391. The maximum absolute atomic E-state index is 11.9. The number of fused-ring (bicyclic) bond motifs is 2. The summed E-state index contributed by atoms with van der Waals surface area (Å²) in [7, 11) is 1.37. The van der Waals surface area contributed by atoms with Crippen molar-refractivity contribution in [2.75, 3.05) is 12.8 Å². The van der Waals surface area contributed by atoms with Gasteiger partial charge in [0.25, 0.3) is 0 Å². The first kappa shape index (κ1) is 14.8. The van der Waals surface area contributed by atoms with Crippen LogP contribution >= 0.6 is 0 Å². The number of aromatic nitrogens is 2. The molecule has 0 saturated carbocycles. The van der Waals surface area contributed by atoms with Crippen LogP contribution in [0.15, 0.2) is 6.07 Å². The molecule has 116 valence electrons. The molecule has 0 amide bonds. The Morgan fingerprint density at radius 3 is 2.64 bits per heavy atom. The summed E-state index contributed by atoms with van der Waals surface area (Å²) < 4.78 is 4.81. The smallest absolute Gasteiger partial charge is 0.339 e. The molecule has 2 heterocycles. The van der Waals surface area contributed by atoms with Crippen molar-refractivity contribution in [3.8, 4) is 0 Å². The number of carbonyl (C=O) groups is 1. The number of ether oxygens (including phenoxy) is 1. The van der Waals surface area contributed by atoms with E-state index in [1.165, 1.54) is 20.0 Å². The van der Waals surface area contributed by atoms with Gasteiger partial charge in [-0.1, -0.05) is 12.8 Å². The summed E-state index contributed by atoms with van der Waals surface area (Å²) in [5, 5.41) is 0.755. The number of carbonyl (C=O) groups excluding carboxylic acids is 1. The van der Waals surface area contributed by atoms with Crippen molar-refractivity contribution in [1.82, 2.24) is 9.97 Å². The van der Waals surface area contributed by atoms with Gasteiger partial charge in [-0.25, -0.2) is 14.8 Å². The number of rotatable bonds is 1. The van der Waals surface area contributed by atoms with Crippen LogP contribution in [0.4, 0.5) is 5.69 Å². The topological polar surface area (TPSA) is 78.1 Å². The van der Waals surface area contributed by atoms with Crippen LogP contribution in [0.25, 0.3) is 11.0 Å². The van der Waals surface area contributed by atoms with Crippen LogP contribution in [0, 0.1) is 6.92 Å². The molecule has 0 atom stereocenters. The molecule has 5 nitrogen and oxygen atoms in total. The number of nitrogens with zero attached hydrogens (tertiary/aromatic N) is 2. The minimum absolute atomic E-state index is 0.391. The van der Waals surface area contributed by atoms with Crippen LogP contribution in [-0.4, -0.2) is 23.0 Å². The quantitative estimate of drug-likeness (QED) is 0.819. The molecule has 2 aromatic rings. The Morgan fingerprint density at radius 2 is 1.91 bits per heavy atom. The predicted octanol–water partition coefficient (Wildman–Crippen LogP) is 2.97. The van der Waals surface area contributed by atoms with Gasteiger partial charge in [0.05, 0.1) is 18.4 Å².